The van der Waals surface area contributed by atoms with Crippen molar-refractivity contribution in [3.05, 3.63) is 0 Å². The van der Waals surface area contributed by atoms with E-state index in [9.17, 15) is 0 Å². The fraction of sp³-hybridized carbons (Fsp3) is 0.917. The Kier molecular flexibility index (Phi) is 19.6. The van der Waals surface area contributed by atoms with Crippen LogP contribution >= 0.6 is 0 Å². The SMILES string of the molecule is CC(=O)O.CCCC[CH2][Sn][CH2]CCCC. The van der Waals surface area contributed by atoms with Gasteiger partial charge in [0.05, 0.1) is 0 Å². The standard InChI is InChI=1S/2C5H11.C2H4O2.Sn/c2*1-3-5-4-2;1-2(3)4;/h2*1,3-5H2,2H3;1H3,(H,3,4);. The van der Waals surface area contributed by atoms with Crippen molar-refractivity contribution in [2.24, 2.45) is 0 Å². The first-order valence-corrected chi connectivity index (χ1v) is 10.1. The van der Waals surface area contributed by atoms with Crippen molar-refractivity contribution in [1.29, 1.82) is 0 Å². The summed E-state index contributed by atoms with van der Waals surface area (Å²) < 4.78 is 3.28. The van der Waals surface area contributed by atoms with Crippen LogP contribution in [0.4, 0.5) is 0 Å². The number of hydrogen-bond donors (Lipinski definition) is 1. The van der Waals surface area contributed by atoms with E-state index in [4.69, 9.17) is 9.90 Å². The summed E-state index contributed by atoms with van der Waals surface area (Å²) in [5.41, 5.74) is 0. The zero-order valence-electron chi connectivity index (χ0n) is 10.5. The molecule has 0 bridgehead atoms. The van der Waals surface area contributed by atoms with E-state index in [1.165, 1.54) is 38.5 Å². The molecule has 3 heteroatoms. The number of carboxylic acids is 1. The molecule has 0 atom stereocenters. The number of carbonyl (C=O) groups is 1. The van der Waals surface area contributed by atoms with E-state index in [2.05, 4.69) is 13.8 Å². The van der Waals surface area contributed by atoms with Crippen LogP contribution < -0.4 is 0 Å². The van der Waals surface area contributed by atoms with Crippen LogP contribution in [0.5, 0.6) is 0 Å². The van der Waals surface area contributed by atoms with Crippen LogP contribution in [0.15, 0.2) is 0 Å². The first kappa shape index (κ1) is 17.7. The molecule has 0 rings (SSSR count). The van der Waals surface area contributed by atoms with Gasteiger partial charge in [-0.15, -0.1) is 0 Å². The third-order valence-corrected chi connectivity index (χ3v) is 5.95. The molecule has 15 heavy (non-hydrogen) atoms. The van der Waals surface area contributed by atoms with Crippen molar-refractivity contribution in [3.63, 3.8) is 0 Å². The van der Waals surface area contributed by atoms with Gasteiger partial charge < -0.3 is 5.11 Å². The van der Waals surface area contributed by atoms with E-state index in [1.54, 1.807) is 8.87 Å². The first-order valence-electron chi connectivity index (χ1n) is 6.05. The number of carboxylic acid groups (broad SMARTS) is 1. The van der Waals surface area contributed by atoms with E-state index >= 15 is 0 Å². The molecule has 0 heterocycles. The molecular formula is C12H26O2Sn. The van der Waals surface area contributed by atoms with Gasteiger partial charge in [-0.2, -0.15) is 0 Å². The maximum atomic E-state index is 9.00. The molecule has 1 N–H and O–H groups in total. The molecule has 0 aromatic heterocycles. The summed E-state index contributed by atoms with van der Waals surface area (Å²) in [5, 5.41) is 7.42. The number of rotatable bonds is 8. The molecule has 0 saturated carbocycles. The van der Waals surface area contributed by atoms with E-state index in [-0.39, 0.29) is 21.1 Å². The quantitative estimate of drug-likeness (QED) is 0.542. The topological polar surface area (TPSA) is 37.3 Å². The Balaban J connectivity index is 0. The fourth-order valence-electron chi connectivity index (χ4n) is 1.12. The van der Waals surface area contributed by atoms with Gasteiger partial charge in [-0.25, -0.2) is 0 Å². The average Bonchev–Trinajstić information content (AvgIpc) is 2.16. The molecule has 2 radical (unpaired) electrons. The second-order valence-electron chi connectivity index (χ2n) is 3.68. The molecule has 0 saturated heterocycles. The second-order valence-corrected chi connectivity index (χ2v) is 7.96. The van der Waals surface area contributed by atoms with Gasteiger partial charge in [0.2, 0.25) is 0 Å². The summed E-state index contributed by atoms with van der Waals surface area (Å²) >= 11 is 0.124. The summed E-state index contributed by atoms with van der Waals surface area (Å²) in [7, 11) is 0. The Bertz CT molecular complexity index is 115. The van der Waals surface area contributed by atoms with Crippen LogP contribution in [0.2, 0.25) is 8.87 Å². The molecule has 2 nitrogen and oxygen atoms in total. The molecule has 0 unspecified atom stereocenters. The van der Waals surface area contributed by atoms with Gasteiger partial charge >= 0.3 is 82.4 Å². The van der Waals surface area contributed by atoms with Crippen LogP contribution in [0.3, 0.4) is 0 Å². The van der Waals surface area contributed by atoms with Crippen LogP contribution in [-0.4, -0.2) is 32.2 Å². The number of unbranched alkanes of at least 4 members (excludes halogenated alkanes) is 4. The second kappa shape index (κ2) is 16.7. The van der Waals surface area contributed by atoms with Crippen molar-refractivity contribution >= 4 is 27.1 Å². The number of aliphatic carboxylic acids is 1. The van der Waals surface area contributed by atoms with Gasteiger partial charge in [-0.1, -0.05) is 0 Å². The Hall–Kier alpha value is 0.269. The molecule has 0 fully saturated rings. The predicted octanol–water partition coefficient (Wildman–Crippen LogP) is 4.00. The van der Waals surface area contributed by atoms with Crippen molar-refractivity contribution in [1.82, 2.24) is 0 Å². The molecular weight excluding hydrogens is 295 g/mol. The summed E-state index contributed by atoms with van der Waals surface area (Å²) in [4.78, 5) is 9.00. The Labute approximate surface area is 105 Å². The summed E-state index contributed by atoms with van der Waals surface area (Å²) in [6.45, 7) is 5.67. The Morgan fingerprint density at radius 2 is 1.33 bits per heavy atom. The van der Waals surface area contributed by atoms with Gasteiger partial charge in [-0.3, -0.25) is 4.79 Å². The van der Waals surface area contributed by atoms with Crippen molar-refractivity contribution in [3.8, 4) is 0 Å². The minimum atomic E-state index is -0.833. The summed E-state index contributed by atoms with van der Waals surface area (Å²) in [5.74, 6) is -0.833. The van der Waals surface area contributed by atoms with Gasteiger partial charge in [0.25, 0.3) is 5.97 Å². The van der Waals surface area contributed by atoms with Crippen molar-refractivity contribution in [2.45, 2.75) is 68.2 Å². The summed E-state index contributed by atoms with van der Waals surface area (Å²) in [6.07, 6.45) is 8.83. The molecule has 0 aliphatic heterocycles. The zero-order valence-corrected chi connectivity index (χ0v) is 13.4. The molecule has 0 aromatic rings. The van der Waals surface area contributed by atoms with Crippen molar-refractivity contribution in [2.75, 3.05) is 0 Å². The Morgan fingerprint density at radius 3 is 1.60 bits per heavy atom. The molecule has 0 aliphatic rings. The van der Waals surface area contributed by atoms with Gasteiger partial charge in [-0.05, 0) is 0 Å². The van der Waals surface area contributed by atoms with Crippen molar-refractivity contribution < 1.29 is 9.90 Å². The molecule has 0 amide bonds. The zero-order chi connectivity index (χ0) is 11.9. The third-order valence-electron chi connectivity index (χ3n) is 1.91. The van der Waals surface area contributed by atoms with Gasteiger partial charge in [0, 0.05) is 6.92 Å². The minimum absolute atomic E-state index is 0.124. The third kappa shape index (κ3) is 31.4. The van der Waals surface area contributed by atoms with E-state index in [0.717, 1.165) is 6.92 Å². The normalized spacial score (nSPS) is 9.27. The van der Waals surface area contributed by atoms with Gasteiger partial charge in [0.1, 0.15) is 0 Å². The summed E-state index contributed by atoms with van der Waals surface area (Å²) in [6, 6.07) is 0. The molecule has 0 aliphatic carbocycles. The molecule has 0 aromatic carbocycles. The molecule has 0 spiro atoms. The van der Waals surface area contributed by atoms with Gasteiger partial charge in [0.15, 0.2) is 0 Å². The molecule has 90 valence electrons. The monoisotopic (exact) mass is 322 g/mol. The van der Waals surface area contributed by atoms with E-state index in [0.29, 0.717) is 0 Å². The maximum absolute atomic E-state index is 9.00. The van der Waals surface area contributed by atoms with Crippen LogP contribution in [0.25, 0.3) is 0 Å². The van der Waals surface area contributed by atoms with Crippen LogP contribution in [-0.2, 0) is 4.79 Å². The predicted molar refractivity (Wildman–Crippen MR) is 67.7 cm³/mol. The fourth-order valence-corrected chi connectivity index (χ4v) is 4.69. The Morgan fingerprint density at radius 1 is 1.00 bits per heavy atom. The van der Waals surface area contributed by atoms with Crippen LogP contribution in [0, 0.1) is 0 Å². The van der Waals surface area contributed by atoms with E-state index in [1.807, 2.05) is 0 Å². The van der Waals surface area contributed by atoms with Crippen LogP contribution in [0.1, 0.15) is 59.3 Å². The number of hydrogen-bond acceptors (Lipinski definition) is 1. The first-order chi connectivity index (χ1) is 7.15. The van der Waals surface area contributed by atoms with E-state index < -0.39 is 5.97 Å². The average molecular weight is 321 g/mol.